The number of carbonyl (C=O) groups excluding carboxylic acids is 1. The summed E-state index contributed by atoms with van der Waals surface area (Å²) in [5.74, 6) is -1.88. The zero-order valence-corrected chi connectivity index (χ0v) is 10.1. The molecule has 1 amide bonds. The van der Waals surface area contributed by atoms with Crippen molar-refractivity contribution in [2.24, 2.45) is 5.41 Å². The zero-order valence-electron chi connectivity index (χ0n) is 10.1. The number of methoxy groups -OCH3 is 1. The van der Waals surface area contributed by atoms with Crippen LogP contribution < -0.4 is 5.32 Å². The van der Waals surface area contributed by atoms with Gasteiger partial charge in [-0.1, -0.05) is 6.07 Å². The molecular formula is C13H15F2NO2. The Kier molecular flexibility index (Phi) is 3.61. The maximum Gasteiger partial charge on any atom is 0.228 e. The predicted octanol–water partition coefficient (Wildman–Crippen LogP) is 2.01. The van der Waals surface area contributed by atoms with E-state index in [1.54, 1.807) is 7.11 Å². The monoisotopic (exact) mass is 255 g/mol. The lowest BCUT2D eigenvalue weighted by atomic mass is 10.1. The molecule has 0 saturated heterocycles. The highest BCUT2D eigenvalue weighted by Crippen LogP contribution is 2.45. The van der Waals surface area contributed by atoms with E-state index in [1.165, 1.54) is 6.07 Å². The lowest BCUT2D eigenvalue weighted by Gasteiger charge is -2.14. The second kappa shape index (κ2) is 5.02. The highest BCUT2D eigenvalue weighted by molar-refractivity contribution is 5.85. The van der Waals surface area contributed by atoms with E-state index in [1.807, 2.05) is 0 Å². The first kappa shape index (κ1) is 13.0. The van der Waals surface area contributed by atoms with Gasteiger partial charge in [0.25, 0.3) is 0 Å². The molecule has 1 saturated carbocycles. The fourth-order valence-electron chi connectivity index (χ4n) is 1.88. The first-order chi connectivity index (χ1) is 8.57. The van der Waals surface area contributed by atoms with E-state index < -0.39 is 17.0 Å². The normalized spacial score (nSPS) is 16.4. The molecule has 5 heteroatoms. The minimum absolute atomic E-state index is 0.0888. The smallest absolute Gasteiger partial charge is 0.228 e. The summed E-state index contributed by atoms with van der Waals surface area (Å²) in [6, 6.07) is 3.60. The highest BCUT2D eigenvalue weighted by Gasteiger charge is 2.49. The molecule has 1 aromatic rings. The molecule has 1 aliphatic carbocycles. The molecule has 0 aromatic heterocycles. The summed E-state index contributed by atoms with van der Waals surface area (Å²) in [4.78, 5) is 11.9. The first-order valence-corrected chi connectivity index (χ1v) is 5.78. The summed E-state index contributed by atoms with van der Waals surface area (Å²) < 4.78 is 30.7. The lowest BCUT2D eigenvalue weighted by molar-refractivity contribution is -0.128. The van der Waals surface area contributed by atoms with E-state index >= 15 is 0 Å². The minimum Gasteiger partial charge on any atom is -0.384 e. The Morgan fingerprint density at radius 1 is 1.39 bits per heavy atom. The number of rotatable bonds is 5. The highest BCUT2D eigenvalue weighted by atomic mass is 19.2. The molecule has 98 valence electrons. The molecule has 0 bridgehead atoms. The third-order valence-electron chi connectivity index (χ3n) is 3.19. The largest absolute Gasteiger partial charge is 0.384 e. The maximum absolute atomic E-state index is 13.0. The molecule has 0 aliphatic heterocycles. The molecule has 0 spiro atoms. The molecule has 18 heavy (non-hydrogen) atoms. The molecule has 1 aromatic carbocycles. The zero-order chi connectivity index (χ0) is 13.2. The average molecular weight is 255 g/mol. The number of amides is 1. The van der Waals surface area contributed by atoms with E-state index in [-0.39, 0.29) is 12.5 Å². The van der Waals surface area contributed by atoms with Crippen LogP contribution in [0.25, 0.3) is 0 Å². The average Bonchev–Trinajstić information content (AvgIpc) is 3.12. The Labute approximate surface area is 104 Å². The predicted molar refractivity (Wildman–Crippen MR) is 61.7 cm³/mol. The van der Waals surface area contributed by atoms with Crippen molar-refractivity contribution >= 4 is 5.91 Å². The summed E-state index contributed by atoms with van der Waals surface area (Å²) in [7, 11) is 1.56. The minimum atomic E-state index is -0.903. The molecule has 2 rings (SSSR count). The molecule has 0 heterocycles. The van der Waals surface area contributed by atoms with Crippen molar-refractivity contribution in [1.82, 2.24) is 5.32 Å². The van der Waals surface area contributed by atoms with Crippen molar-refractivity contribution in [2.75, 3.05) is 13.7 Å². The number of hydrogen-bond donors (Lipinski definition) is 1. The van der Waals surface area contributed by atoms with Gasteiger partial charge in [-0.3, -0.25) is 4.79 Å². The Balaban J connectivity index is 1.91. The Morgan fingerprint density at radius 2 is 2.11 bits per heavy atom. The number of hydrogen-bond acceptors (Lipinski definition) is 2. The summed E-state index contributed by atoms with van der Waals surface area (Å²) in [6.45, 7) is 0.595. The number of halogens is 2. The Bertz CT molecular complexity index is 458. The number of nitrogens with one attached hydrogen (secondary N) is 1. The lowest BCUT2D eigenvalue weighted by Crippen LogP contribution is -2.34. The quantitative estimate of drug-likeness (QED) is 0.874. The third-order valence-corrected chi connectivity index (χ3v) is 3.19. The van der Waals surface area contributed by atoms with Crippen LogP contribution in [0.4, 0.5) is 8.78 Å². The van der Waals surface area contributed by atoms with Crippen LogP contribution in [0.1, 0.15) is 18.4 Å². The van der Waals surface area contributed by atoms with Gasteiger partial charge in [0.2, 0.25) is 5.91 Å². The van der Waals surface area contributed by atoms with Gasteiger partial charge in [0.15, 0.2) is 11.6 Å². The molecule has 1 aliphatic rings. The fraction of sp³-hybridized carbons (Fsp3) is 0.462. The van der Waals surface area contributed by atoms with Crippen LogP contribution in [-0.2, 0) is 16.1 Å². The third kappa shape index (κ3) is 2.67. The Hall–Kier alpha value is -1.49. The van der Waals surface area contributed by atoms with E-state index in [2.05, 4.69) is 5.32 Å². The molecule has 1 N–H and O–H groups in total. The van der Waals surface area contributed by atoms with Crippen molar-refractivity contribution in [3.8, 4) is 0 Å². The van der Waals surface area contributed by atoms with Gasteiger partial charge >= 0.3 is 0 Å². The van der Waals surface area contributed by atoms with Crippen molar-refractivity contribution < 1.29 is 18.3 Å². The molecule has 3 nitrogen and oxygen atoms in total. The standard InChI is InChI=1S/C13H15F2NO2/c1-18-8-13(4-5-13)12(17)16-7-9-2-3-10(14)11(15)6-9/h2-3,6H,4-5,7-8H2,1H3,(H,16,17). The molecule has 0 atom stereocenters. The van der Waals surface area contributed by atoms with E-state index in [9.17, 15) is 13.6 Å². The molecule has 0 unspecified atom stereocenters. The summed E-state index contributed by atoms with van der Waals surface area (Å²) >= 11 is 0. The van der Waals surface area contributed by atoms with E-state index in [0.717, 1.165) is 25.0 Å². The van der Waals surface area contributed by atoms with Crippen LogP contribution in [0.5, 0.6) is 0 Å². The van der Waals surface area contributed by atoms with Gasteiger partial charge in [-0.05, 0) is 30.5 Å². The van der Waals surface area contributed by atoms with Gasteiger partial charge in [-0.15, -0.1) is 0 Å². The topological polar surface area (TPSA) is 38.3 Å². The van der Waals surface area contributed by atoms with E-state index in [4.69, 9.17) is 4.74 Å². The van der Waals surface area contributed by atoms with E-state index in [0.29, 0.717) is 12.2 Å². The van der Waals surface area contributed by atoms with Crippen molar-refractivity contribution in [2.45, 2.75) is 19.4 Å². The second-order valence-corrected chi connectivity index (χ2v) is 4.64. The number of carbonyl (C=O) groups is 1. The van der Waals surface area contributed by atoms with Gasteiger partial charge in [0, 0.05) is 13.7 Å². The van der Waals surface area contributed by atoms with Gasteiger partial charge in [0.1, 0.15) is 0 Å². The number of benzene rings is 1. The van der Waals surface area contributed by atoms with Gasteiger partial charge in [0.05, 0.1) is 12.0 Å². The van der Waals surface area contributed by atoms with Crippen LogP contribution in [0.3, 0.4) is 0 Å². The molecule has 0 radical (unpaired) electrons. The van der Waals surface area contributed by atoms with Crippen molar-refractivity contribution in [3.63, 3.8) is 0 Å². The SMILES string of the molecule is COCC1(C(=O)NCc2ccc(F)c(F)c2)CC1. The molecule has 1 fully saturated rings. The van der Waals surface area contributed by atoms with Crippen molar-refractivity contribution in [3.05, 3.63) is 35.4 Å². The van der Waals surface area contributed by atoms with Gasteiger partial charge < -0.3 is 10.1 Å². The van der Waals surface area contributed by atoms with Gasteiger partial charge in [-0.25, -0.2) is 8.78 Å². The summed E-state index contributed by atoms with van der Waals surface area (Å²) in [5.41, 5.74) is 0.128. The second-order valence-electron chi connectivity index (χ2n) is 4.64. The van der Waals surface area contributed by atoms with Crippen LogP contribution in [0, 0.1) is 17.0 Å². The first-order valence-electron chi connectivity index (χ1n) is 5.78. The van der Waals surface area contributed by atoms with Crippen LogP contribution in [-0.4, -0.2) is 19.6 Å². The maximum atomic E-state index is 13.0. The van der Waals surface area contributed by atoms with Crippen LogP contribution in [0.2, 0.25) is 0 Å². The summed E-state index contributed by atoms with van der Waals surface area (Å²) in [6.07, 6.45) is 1.62. The Morgan fingerprint density at radius 3 is 2.67 bits per heavy atom. The fourth-order valence-corrected chi connectivity index (χ4v) is 1.88. The molecular weight excluding hydrogens is 240 g/mol. The van der Waals surface area contributed by atoms with Crippen molar-refractivity contribution in [1.29, 1.82) is 0 Å². The van der Waals surface area contributed by atoms with Crippen LogP contribution >= 0.6 is 0 Å². The number of ether oxygens (including phenoxy) is 1. The van der Waals surface area contributed by atoms with Crippen LogP contribution in [0.15, 0.2) is 18.2 Å². The summed E-state index contributed by atoms with van der Waals surface area (Å²) in [5, 5.41) is 2.73. The van der Waals surface area contributed by atoms with Gasteiger partial charge in [-0.2, -0.15) is 0 Å².